The van der Waals surface area contributed by atoms with Gasteiger partial charge in [-0.1, -0.05) is 6.07 Å². The van der Waals surface area contributed by atoms with Crippen LogP contribution in [0.25, 0.3) is 10.9 Å². The van der Waals surface area contributed by atoms with Crippen molar-refractivity contribution >= 4 is 38.5 Å². The molecule has 3 N–H and O–H groups in total. The van der Waals surface area contributed by atoms with Crippen LogP contribution in [0.2, 0.25) is 0 Å². The van der Waals surface area contributed by atoms with Crippen LogP contribution in [-0.2, 0) is 4.74 Å². The van der Waals surface area contributed by atoms with Crippen LogP contribution in [0.1, 0.15) is 17.4 Å². The highest BCUT2D eigenvalue weighted by molar-refractivity contribution is 9.10. The molecule has 0 radical (unpaired) electrons. The monoisotopic (exact) mass is 282 g/mol. The molecular weight excluding hydrogens is 272 g/mol. The zero-order valence-corrected chi connectivity index (χ0v) is 10.3. The second-order valence-electron chi connectivity index (χ2n) is 3.33. The van der Waals surface area contributed by atoms with E-state index in [0.717, 1.165) is 15.4 Å². The number of nitrogen functional groups attached to an aromatic ring is 1. The van der Waals surface area contributed by atoms with Crippen LogP contribution in [-0.4, -0.2) is 17.6 Å². The number of anilines is 1. The van der Waals surface area contributed by atoms with Crippen LogP contribution in [0.4, 0.5) is 5.69 Å². The van der Waals surface area contributed by atoms with Crippen molar-refractivity contribution in [1.82, 2.24) is 4.98 Å². The first kappa shape index (κ1) is 11.0. The lowest BCUT2D eigenvalue weighted by Crippen LogP contribution is -2.04. The molecule has 84 valence electrons. The normalized spacial score (nSPS) is 10.6. The summed E-state index contributed by atoms with van der Waals surface area (Å²) < 4.78 is 5.71. The average molecular weight is 283 g/mol. The van der Waals surface area contributed by atoms with Gasteiger partial charge in [0, 0.05) is 9.86 Å². The van der Waals surface area contributed by atoms with Crippen molar-refractivity contribution in [2.24, 2.45) is 0 Å². The van der Waals surface area contributed by atoms with Gasteiger partial charge in [-0.3, -0.25) is 0 Å². The number of nitrogens with two attached hydrogens (primary N) is 1. The summed E-state index contributed by atoms with van der Waals surface area (Å²) in [4.78, 5) is 14.5. The molecule has 0 saturated heterocycles. The summed E-state index contributed by atoms with van der Waals surface area (Å²) >= 11 is 3.33. The highest BCUT2D eigenvalue weighted by atomic mass is 79.9. The maximum Gasteiger partial charge on any atom is 0.354 e. The fourth-order valence-electron chi connectivity index (χ4n) is 1.52. The topological polar surface area (TPSA) is 68.1 Å². The predicted octanol–water partition coefficient (Wildman–Crippen LogP) is 2.69. The average Bonchev–Trinajstić information content (AvgIpc) is 2.69. The maximum absolute atomic E-state index is 11.5. The lowest BCUT2D eigenvalue weighted by molar-refractivity contribution is 0.0520. The number of nitrogens with one attached hydrogen (secondary N) is 1. The first-order valence-corrected chi connectivity index (χ1v) is 5.66. The number of hydrogen-bond donors (Lipinski definition) is 2. The summed E-state index contributed by atoms with van der Waals surface area (Å²) in [6, 6.07) is 5.46. The molecule has 5 heteroatoms. The van der Waals surface area contributed by atoms with Gasteiger partial charge in [0.25, 0.3) is 0 Å². The van der Waals surface area contributed by atoms with E-state index in [1.165, 1.54) is 0 Å². The van der Waals surface area contributed by atoms with E-state index in [4.69, 9.17) is 10.5 Å². The molecule has 16 heavy (non-hydrogen) atoms. The van der Waals surface area contributed by atoms with Gasteiger partial charge in [-0.15, -0.1) is 0 Å². The Balaban J connectivity index is 2.52. The van der Waals surface area contributed by atoms with E-state index < -0.39 is 0 Å². The van der Waals surface area contributed by atoms with Crippen LogP contribution in [0.5, 0.6) is 0 Å². The minimum absolute atomic E-state index is 0.355. The zero-order valence-electron chi connectivity index (χ0n) is 8.71. The second-order valence-corrected chi connectivity index (χ2v) is 4.18. The van der Waals surface area contributed by atoms with E-state index in [1.807, 2.05) is 12.1 Å². The molecule has 2 aromatic rings. The molecule has 1 aromatic carbocycles. The van der Waals surface area contributed by atoms with Crippen LogP contribution < -0.4 is 5.73 Å². The number of benzene rings is 1. The van der Waals surface area contributed by atoms with Crippen LogP contribution in [0.15, 0.2) is 22.7 Å². The van der Waals surface area contributed by atoms with E-state index in [2.05, 4.69) is 20.9 Å². The lowest BCUT2D eigenvalue weighted by atomic mass is 10.2. The molecule has 0 aliphatic heterocycles. The Hall–Kier alpha value is -1.49. The number of aromatic amines is 1. The van der Waals surface area contributed by atoms with Crippen molar-refractivity contribution in [3.63, 3.8) is 0 Å². The van der Waals surface area contributed by atoms with Crippen LogP contribution in [0.3, 0.4) is 0 Å². The third-order valence-corrected chi connectivity index (χ3v) is 2.97. The van der Waals surface area contributed by atoms with Gasteiger partial charge in [-0.2, -0.15) is 0 Å². The van der Waals surface area contributed by atoms with Crippen molar-refractivity contribution in [3.8, 4) is 0 Å². The number of carbonyl (C=O) groups excluding carboxylic acids is 1. The number of ether oxygens (including phenoxy) is 1. The third kappa shape index (κ3) is 1.78. The minimum atomic E-state index is -0.366. The molecule has 0 atom stereocenters. The number of aromatic nitrogens is 1. The smallest absolute Gasteiger partial charge is 0.354 e. The van der Waals surface area contributed by atoms with E-state index in [-0.39, 0.29) is 5.97 Å². The Morgan fingerprint density at radius 3 is 3.00 bits per heavy atom. The largest absolute Gasteiger partial charge is 0.461 e. The fourth-order valence-corrected chi connectivity index (χ4v) is 1.85. The first-order chi connectivity index (χ1) is 7.63. The van der Waals surface area contributed by atoms with Crippen molar-refractivity contribution in [2.75, 3.05) is 12.3 Å². The quantitative estimate of drug-likeness (QED) is 0.657. The Morgan fingerprint density at radius 1 is 1.56 bits per heavy atom. The number of halogens is 1. The third-order valence-electron chi connectivity index (χ3n) is 2.28. The molecule has 0 fully saturated rings. The number of carbonyl (C=O) groups is 1. The SMILES string of the molecule is CCOC(=O)c1cc2ccc(Br)c(N)c2[nH]1. The standard InChI is InChI=1S/C11H11BrN2O2/c1-2-16-11(15)8-5-6-3-4-7(12)9(13)10(6)14-8/h3-5,14H,2,13H2,1H3. The molecule has 0 aliphatic carbocycles. The molecule has 0 spiro atoms. The molecule has 1 heterocycles. The first-order valence-electron chi connectivity index (χ1n) is 4.87. The Bertz CT molecular complexity index is 548. The van der Waals surface area contributed by atoms with Crippen LogP contribution >= 0.6 is 15.9 Å². The number of hydrogen-bond acceptors (Lipinski definition) is 3. The summed E-state index contributed by atoms with van der Waals surface area (Å²) in [5.41, 5.74) is 7.63. The molecule has 0 saturated carbocycles. The maximum atomic E-state index is 11.5. The summed E-state index contributed by atoms with van der Waals surface area (Å²) in [6.45, 7) is 2.12. The molecule has 1 aromatic heterocycles. The van der Waals surface area contributed by atoms with Gasteiger partial charge in [0.05, 0.1) is 17.8 Å². The van der Waals surface area contributed by atoms with Crippen molar-refractivity contribution in [2.45, 2.75) is 6.92 Å². The molecule has 0 aliphatic rings. The fraction of sp³-hybridized carbons (Fsp3) is 0.182. The number of fused-ring (bicyclic) bond motifs is 1. The zero-order chi connectivity index (χ0) is 11.7. The highest BCUT2D eigenvalue weighted by Crippen LogP contribution is 2.28. The second kappa shape index (κ2) is 4.17. The van der Waals surface area contributed by atoms with Gasteiger partial charge in [-0.25, -0.2) is 4.79 Å². The van der Waals surface area contributed by atoms with Gasteiger partial charge >= 0.3 is 5.97 Å². The van der Waals surface area contributed by atoms with Crippen molar-refractivity contribution in [1.29, 1.82) is 0 Å². The van der Waals surface area contributed by atoms with Gasteiger partial charge in [0.2, 0.25) is 0 Å². The van der Waals surface area contributed by atoms with E-state index in [1.54, 1.807) is 13.0 Å². The molecule has 4 nitrogen and oxygen atoms in total. The predicted molar refractivity (Wildman–Crippen MR) is 66.4 cm³/mol. The summed E-state index contributed by atoms with van der Waals surface area (Å²) in [5, 5.41) is 0.892. The Labute approximate surface area is 101 Å². The van der Waals surface area contributed by atoms with Crippen molar-refractivity contribution in [3.05, 3.63) is 28.4 Å². The molecular formula is C11H11BrN2O2. The summed E-state index contributed by atoms with van der Waals surface area (Å²) in [6.07, 6.45) is 0. The molecule has 0 bridgehead atoms. The molecule has 0 unspecified atom stereocenters. The van der Waals surface area contributed by atoms with E-state index in [0.29, 0.717) is 18.0 Å². The minimum Gasteiger partial charge on any atom is -0.461 e. The summed E-state index contributed by atoms with van der Waals surface area (Å²) in [7, 11) is 0. The number of esters is 1. The Morgan fingerprint density at radius 2 is 2.31 bits per heavy atom. The van der Waals surface area contributed by atoms with E-state index in [9.17, 15) is 4.79 Å². The lowest BCUT2D eigenvalue weighted by Gasteiger charge is -1.99. The molecule has 0 amide bonds. The van der Waals surface area contributed by atoms with E-state index >= 15 is 0 Å². The Kier molecular flexibility index (Phi) is 2.87. The summed E-state index contributed by atoms with van der Waals surface area (Å²) in [5.74, 6) is -0.366. The number of rotatable bonds is 2. The van der Waals surface area contributed by atoms with Crippen molar-refractivity contribution < 1.29 is 9.53 Å². The van der Waals surface area contributed by atoms with Gasteiger partial charge < -0.3 is 15.5 Å². The molecule has 2 rings (SSSR count). The highest BCUT2D eigenvalue weighted by Gasteiger charge is 2.12. The van der Waals surface area contributed by atoms with Crippen LogP contribution in [0, 0.1) is 0 Å². The van der Waals surface area contributed by atoms with Gasteiger partial charge in [0.15, 0.2) is 0 Å². The van der Waals surface area contributed by atoms with Gasteiger partial charge in [-0.05, 0) is 35.0 Å². The number of H-pyrrole nitrogens is 1. The van der Waals surface area contributed by atoms with Gasteiger partial charge in [0.1, 0.15) is 5.69 Å².